The maximum absolute atomic E-state index is 13.5. The third-order valence-corrected chi connectivity index (χ3v) is 15.4. The monoisotopic (exact) mass is 1300 g/mol. The van der Waals surface area contributed by atoms with Gasteiger partial charge in [0, 0.05) is 11.1 Å². The van der Waals surface area contributed by atoms with E-state index in [0.29, 0.717) is 11.1 Å². The first kappa shape index (κ1) is 75.0. The molecule has 6 rings (SSSR count). The molecule has 34 heteroatoms. The lowest BCUT2D eigenvalue weighted by Crippen LogP contribution is -2.65. The van der Waals surface area contributed by atoms with Gasteiger partial charge in [-0.15, -0.1) is 0 Å². The van der Waals surface area contributed by atoms with E-state index in [-0.39, 0.29) is 11.1 Å². The van der Waals surface area contributed by atoms with Crippen LogP contribution in [0.25, 0.3) is 0 Å². The van der Waals surface area contributed by atoms with E-state index >= 15 is 0 Å². The average Bonchev–Trinajstić information content (AvgIpc) is 0.837. The van der Waals surface area contributed by atoms with Gasteiger partial charge in [-0.05, 0) is 27.7 Å². The predicted octanol–water partition coefficient (Wildman–Crippen LogP) is -9.58. The minimum absolute atomic E-state index is 0.0554. The summed E-state index contributed by atoms with van der Waals surface area (Å²) in [7, 11) is 0. The Morgan fingerprint density at radius 2 is 0.589 bits per heavy atom. The summed E-state index contributed by atoms with van der Waals surface area (Å²) in [6.07, 6.45) is -38.5. The minimum atomic E-state index is -2.05. The highest BCUT2D eigenvalue weighted by Crippen LogP contribution is 2.34. The Morgan fingerprint density at radius 3 is 0.889 bits per heavy atom. The summed E-state index contributed by atoms with van der Waals surface area (Å²) in [5.41, 5.74) is 1.23. The van der Waals surface area contributed by atoms with Crippen LogP contribution in [0.4, 0.5) is 0 Å². The predicted molar refractivity (Wildman–Crippen MR) is 293 cm³/mol. The van der Waals surface area contributed by atoms with Gasteiger partial charge < -0.3 is 159 Å². The van der Waals surface area contributed by atoms with Crippen molar-refractivity contribution >= 4 is 11.9 Å². The number of carbonyl (C=O) groups excluding carboxylic acids is 2. The van der Waals surface area contributed by atoms with Crippen LogP contribution >= 0.6 is 0 Å². The molecular formula is C56H84O34. The first-order valence-electron chi connectivity index (χ1n) is 28.5. The maximum atomic E-state index is 13.5. The first-order valence-corrected chi connectivity index (χ1v) is 28.5. The van der Waals surface area contributed by atoms with Gasteiger partial charge in [0.05, 0.1) is 39.6 Å². The molecule has 0 aromatic rings. The SMILES string of the molecule is CC(/C=C/C=C(\C)C(=O)O[C@@H]1O[C@H](CO[C@@H]2O[C@H](CO)[C@@H](O)[C@H](O)[C@H]2O)[C@@H](O)[C@H](O)[C@H]1O[C@@H]1O[C@H](CO)[C@@H](O)[C@H](O)[C@H]1O)=C\C=C\C=C(C)\C=C\C=C(/C)C(=O)O[C@@H]1O[C@H](CO[C@@H]2O[C@H](CO)[C@@H](O)[C@H](O)[C@H]2O)[C@@H](O)[C@H](O)[C@H]1O[C@@H]1O[C@H](CO)[C@@H](O)[C@H](O)[C@H]1O. The summed E-state index contributed by atoms with van der Waals surface area (Å²) in [5.74, 6) is -2.13. The fourth-order valence-electron chi connectivity index (χ4n) is 9.77. The molecule has 6 saturated heterocycles. The van der Waals surface area contributed by atoms with Crippen LogP contribution in [0.1, 0.15) is 27.7 Å². The molecule has 0 radical (unpaired) electrons. The molecule has 6 heterocycles. The van der Waals surface area contributed by atoms with E-state index < -0.39 is 236 Å². The number of aliphatic hydroxyl groups excluding tert-OH is 20. The number of hydrogen-bond donors (Lipinski definition) is 20. The van der Waals surface area contributed by atoms with E-state index in [9.17, 15) is 112 Å². The quantitative estimate of drug-likeness (QED) is 0.0242. The summed E-state index contributed by atoms with van der Waals surface area (Å²) >= 11 is 0. The molecule has 90 heavy (non-hydrogen) atoms. The lowest BCUT2D eigenvalue weighted by Gasteiger charge is -2.46. The Kier molecular flexibility index (Phi) is 28.6. The normalized spacial score (nSPS) is 43.7. The molecular weight excluding hydrogens is 1220 g/mol. The second-order valence-electron chi connectivity index (χ2n) is 22.1. The van der Waals surface area contributed by atoms with Gasteiger partial charge in [0.25, 0.3) is 0 Å². The standard InChI is InChI=1S/C56H84O34/c1-21(11-7-13-23(3)49(77)89-55-47(87-53-45(75)39(69)33(63)27(17-59)83-53)41(71)35(65)29(85-55)19-79-51-43(73)37(67)31(61)25(15-57)81-51)9-5-6-10-22(2)12-8-14-24(4)50(78)90-56-48(88-54-46(76)40(70)34(64)28(18-60)84-54)42(72)36(66)30(86-56)20-80-52-44(74)38(68)32(62)26(16-58)82-52/h5-14,25-48,51-76H,15-20H2,1-4H3/b6-5+,11-7+,12-8+,21-9+,22-10+,23-13+,24-14+/t25-,26-,27-,28-,29-,30-,31-,32-,33-,34-,35-,36-,37+,38+,39+,40+,41+,42+,43-,44-,45-,46-,47-,48-,51-,52-,53+,54+,55+,56+/m1/s1. The molecule has 0 aromatic carbocycles. The molecule has 0 saturated carbocycles. The van der Waals surface area contributed by atoms with E-state index in [0.717, 1.165) is 0 Å². The van der Waals surface area contributed by atoms with Crippen LogP contribution in [-0.2, 0) is 66.4 Å². The molecule has 6 fully saturated rings. The number of hydrogen-bond acceptors (Lipinski definition) is 34. The maximum Gasteiger partial charge on any atom is 0.336 e. The van der Waals surface area contributed by atoms with Crippen molar-refractivity contribution in [3.63, 3.8) is 0 Å². The van der Waals surface area contributed by atoms with Crippen LogP contribution < -0.4 is 0 Å². The lowest BCUT2D eigenvalue weighted by atomic mass is 9.97. The van der Waals surface area contributed by atoms with Gasteiger partial charge in [-0.1, -0.05) is 71.9 Å². The molecule has 512 valence electrons. The summed E-state index contributed by atoms with van der Waals surface area (Å²) < 4.78 is 66.5. The lowest BCUT2D eigenvalue weighted by molar-refractivity contribution is -0.367. The summed E-state index contributed by atoms with van der Waals surface area (Å²) in [4.78, 5) is 27.0. The van der Waals surface area contributed by atoms with E-state index in [1.54, 1.807) is 50.3 Å². The van der Waals surface area contributed by atoms with Crippen LogP contribution in [-0.4, -0.2) is 338 Å². The zero-order valence-corrected chi connectivity index (χ0v) is 49.0. The minimum Gasteiger partial charge on any atom is -0.429 e. The average molecular weight is 1300 g/mol. The largest absolute Gasteiger partial charge is 0.429 e. The van der Waals surface area contributed by atoms with Crippen molar-refractivity contribution in [3.05, 3.63) is 83.1 Å². The summed E-state index contributed by atoms with van der Waals surface area (Å²) in [6, 6.07) is 0. The van der Waals surface area contributed by atoms with Crippen LogP contribution in [0.15, 0.2) is 83.1 Å². The highest BCUT2D eigenvalue weighted by molar-refractivity contribution is 5.88. The molecule has 0 amide bonds. The number of ether oxygens (including phenoxy) is 12. The zero-order valence-electron chi connectivity index (χ0n) is 49.0. The molecule has 0 spiro atoms. The first-order chi connectivity index (χ1) is 42.6. The van der Waals surface area contributed by atoms with Gasteiger partial charge in [0.1, 0.15) is 134 Å². The molecule has 0 aliphatic carbocycles. The molecule has 34 nitrogen and oxygen atoms in total. The van der Waals surface area contributed by atoms with Gasteiger partial charge in [-0.25, -0.2) is 9.59 Å². The highest BCUT2D eigenvalue weighted by atomic mass is 16.8. The van der Waals surface area contributed by atoms with E-state index in [1.165, 1.54) is 38.2 Å². The van der Waals surface area contributed by atoms with Crippen LogP contribution in [0.2, 0.25) is 0 Å². The number of esters is 2. The molecule has 6 aliphatic rings. The van der Waals surface area contributed by atoms with Crippen molar-refractivity contribution in [2.45, 2.75) is 212 Å². The third-order valence-electron chi connectivity index (χ3n) is 15.4. The molecule has 20 N–H and O–H groups in total. The Hall–Kier alpha value is -4.08. The van der Waals surface area contributed by atoms with Gasteiger partial charge >= 0.3 is 11.9 Å². The number of rotatable bonds is 24. The molecule has 0 bridgehead atoms. The molecule has 6 aliphatic heterocycles. The highest BCUT2D eigenvalue weighted by Gasteiger charge is 2.55. The fourth-order valence-corrected chi connectivity index (χ4v) is 9.77. The van der Waals surface area contributed by atoms with Gasteiger partial charge in [0.15, 0.2) is 37.4 Å². The second kappa shape index (κ2) is 34.4. The summed E-state index contributed by atoms with van der Waals surface area (Å²) in [5, 5.41) is 208. The van der Waals surface area contributed by atoms with E-state index in [2.05, 4.69) is 0 Å². The van der Waals surface area contributed by atoms with Crippen molar-refractivity contribution < 1.29 is 169 Å². The van der Waals surface area contributed by atoms with E-state index in [4.69, 9.17) is 56.8 Å². The summed E-state index contributed by atoms with van der Waals surface area (Å²) in [6.45, 7) is 1.38. The number of aliphatic hydroxyl groups is 20. The van der Waals surface area contributed by atoms with E-state index in [1.807, 2.05) is 0 Å². The van der Waals surface area contributed by atoms with Crippen molar-refractivity contribution in [1.82, 2.24) is 0 Å². The number of allylic oxidation sites excluding steroid dienone is 12. The van der Waals surface area contributed by atoms with Gasteiger partial charge in [0.2, 0.25) is 12.6 Å². The van der Waals surface area contributed by atoms with Gasteiger partial charge in [-0.3, -0.25) is 0 Å². The van der Waals surface area contributed by atoms with Crippen LogP contribution in [0.5, 0.6) is 0 Å². The van der Waals surface area contributed by atoms with Crippen molar-refractivity contribution in [1.29, 1.82) is 0 Å². The van der Waals surface area contributed by atoms with Crippen LogP contribution in [0.3, 0.4) is 0 Å². The van der Waals surface area contributed by atoms with Crippen LogP contribution in [0, 0.1) is 0 Å². The fraction of sp³-hybridized carbons (Fsp3) is 0.714. The Morgan fingerprint density at radius 1 is 0.322 bits per heavy atom. The third kappa shape index (κ3) is 18.4. The Bertz CT molecular complexity index is 2330. The molecule has 30 atom stereocenters. The van der Waals surface area contributed by atoms with Crippen molar-refractivity contribution in [3.8, 4) is 0 Å². The molecule has 0 aromatic heterocycles. The van der Waals surface area contributed by atoms with Crippen molar-refractivity contribution in [2.75, 3.05) is 39.6 Å². The molecule has 0 unspecified atom stereocenters. The van der Waals surface area contributed by atoms with Gasteiger partial charge in [-0.2, -0.15) is 0 Å². The number of carbonyl (C=O) groups is 2. The van der Waals surface area contributed by atoms with Crippen molar-refractivity contribution in [2.24, 2.45) is 0 Å². The topological polar surface area (TPSA) is 550 Å². The smallest absolute Gasteiger partial charge is 0.336 e. The second-order valence-corrected chi connectivity index (χ2v) is 22.1. The zero-order chi connectivity index (χ0) is 66.6. The Balaban J connectivity index is 1.07. The Labute approximate surface area is 514 Å².